The molecular weight excluding hydrogens is 210 g/mol. The Balaban J connectivity index is 2.63. The highest BCUT2D eigenvalue weighted by Crippen LogP contribution is 2.19. The van der Waals surface area contributed by atoms with Crippen molar-refractivity contribution in [3.05, 3.63) is 42.0 Å². The van der Waals surface area contributed by atoms with Gasteiger partial charge in [-0.1, -0.05) is 30.4 Å². The van der Waals surface area contributed by atoms with Gasteiger partial charge in [0.2, 0.25) is 0 Å². The molecule has 17 heavy (non-hydrogen) atoms. The lowest BCUT2D eigenvalue weighted by atomic mass is 10.0. The number of anilines is 1. The van der Waals surface area contributed by atoms with Crippen molar-refractivity contribution in [1.82, 2.24) is 0 Å². The van der Waals surface area contributed by atoms with Crippen LogP contribution in [0.4, 0.5) is 5.69 Å². The van der Waals surface area contributed by atoms with Gasteiger partial charge in [-0.25, -0.2) is 0 Å². The summed E-state index contributed by atoms with van der Waals surface area (Å²) in [7, 11) is 4.11. The van der Waals surface area contributed by atoms with Gasteiger partial charge in [0.05, 0.1) is 5.60 Å². The van der Waals surface area contributed by atoms with Crippen molar-refractivity contribution in [2.45, 2.75) is 32.3 Å². The Morgan fingerprint density at radius 1 is 1.18 bits per heavy atom. The van der Waals surface area contributed by atoms with Gasteiger partial charge in [-0.2, -0.15) is 0 Å². The third-order valence-electron chi connectivity index (χ3n) is 2.60. The first-order chi connectivity index (χ1) is 7.90. The van der Waals surface area contributed by atoms with Gasteiger partial charge >= 0.3 is 0 Å². The largest absolute Gasteiger partial charge is 0.390 e. The molecule has 0 aliphatic heterocycles. The molecule has 1 N–H and O–H groups in total. The van der Waals surface area contributed by atoms with E-state index in [0.29, 0.717) is 6.42 Å². The Labute approximate surface area is 105 Å². The fourth-order valence-corrected chi connectivity index (χ4v) is 1.70. The van der Waals surface area contributed by atoms with Crippen molar-refractivity contribution in [3.63, 3.8) is 0 Å². The first-order valence-corrected chi connectivity index (χ1v) is 6.03. The lowest BCUT2D eigenvalue weighted by Crippen LogP contribution is -2.16. The molecule has 0 aliphatic carbocycles. The van der Waals surface area contributed by atoms with Crippen LogP contribution in [-0.4, -0.2) is 24.8 Å². The van der Waals surface area contributed by atoms with Gasteiger partial charge in [0.1, 0.15) is 0 Å². The Morgan fingerprint density at radius 3 is 2.41 bits per heavy atom. The van der Waals surface area contributed by atoms with Gasteiger partial charge in [0.25, 0.3) is 0 Å². The van der Waals surface area contributed by atoms with Crippen LogP contribution in [0.2, 0.25) is 0 Å². The van der Waals surface area contributed by atoms with E-state index in [1.165, 1.54) is 11.3 Å². The first-order valence-electron chi connectivity index (χ1n) is 6.03. The summed E-state index contributed by atoms with van der Waals surface area (Å²) in [4.78, 5) is 2.12. The minimum Gasteiger partial charge on any atom is -0.390 e. The number of benzene rings is 1. The summed E-state index contributed by atoms with van der Waals surface area (Å²) >= 11 is 0. The smallest absolute Gasteiger partial charge is 0.0626 e. The molecule has 0 spiro atoms. The topological polar surface area (TPSA) is 23.5 Å². The molecule has 0 atom stereocenters. The Hall–Kier alpha value is -1.28. The summed E-state index contributed by atoms with van der Waals surface area (Å²) in [5, 5.41) is 9.60. The molecule has 2 nitrogen and oxygen atoms in total. The average molecular weight is 233 g/mol. The van der Waals surface area contributed by atoms with Crippen LogP contribution in [0.15, 0.2) is 36.4 Å². The number of hydrogen-bond acceptors (Lipinski definition) is 2. The summed E-state index contributed by atoms with van der Waals surface area (Å²) in [5.41, 5.74) is 1.95. The van der Waals surface area contributed by atoms with E-state index in [2.05, 4.69) is 49.3 Å². The molecule has 0 saturated carbocycles. The molecule has 0 radical (unpaired) electrons. The van der Waals surface area contributed by atoms with E-state index < -0.39 is 5.60 Å². The number of nitrogens with zero attached hydrogens (tertiary/aromatic N) is 1. The third kappa shape index (κ3) is 5.05. The van der Waals surface area contributed by atoms with E-state index in [1.54, 1.807) is 0 Å². The van der Waals surface area contributed by atoms with Crippen LogP contribution in [0, 0.1) is 0 Å². The molecule has 94 valence electrons. The maximum absolute atomic E-state index is 9.60. The van der Waals surface area contributed by atoms with E-state index in [4.69, 9.17) is 0 Å². The van der Waals surface area contributed by atoms with Crippen LogP contribution in [0.1, 0.15) is 25.8 Å². The quantitative estimate of drug-likeness (QED) is 0.790. The molecule has 0 aromatic heterocycles. The van der Waals surface area contributed by atoms with E-state index in [-0.39, 0.29) is 0 Å². The summed E-state index contributed by atoms with van der Waals surface area (Å²) in [6, 6.07) is 8.38. The predicted octanol–water partition coefficient (Wildman–Crippen LogP) is 3.01. The van der Waals surface area contributed by atoms with Crippen molar-refractivity contribution in [1.29, 1.82) is 0 Å². The molecule has 1 rings (SSSR count). The standard InChI is InChI=1S/C15H23NO/c1-15(2,17)12-8-7-10-13-9-5-6-11-14(13)16(3)4/h5-9,11,17H,10,12H2,1-4H3/b8-7-. The second-order valence-electron chi connectivity index (χ2n) is 5.22. The monoisotopic (exact) mass is 233 g/mol. The zero-order valence-corrected chi connectivity index (χ0v) is 11.3. The summed E-state index contributed by atoms with van der Waals surface area (Å²) in [6.45, 7) is 3.65. The van der Waals surface area contributed by atoms with E-state index in [1.807, 2.05) is 19.9 Å². The van der Waals surface area contributed by atoms with Crippen LogP contribution in [0.3, 0.4) is 0 Å². The summed E-state index contributed by atoms with van der Waals surface area (Å²) in [6.07, 6.45) is 5.77. The van der Waals surface area contributed by atoms with Gasteiger partial charge in [-0.05, 0) is 38.3 Å². The Morgan fingerprint density at radius 2 is 1.82 bits per heavy atom. The van der Waals surface area contributed by atoms with Crippen molar-refractivity contribution in [2.24, 2.45) is 0 Å². The van der Waals surface area contributed by atoms with Gasteiger partial charge < -0.3 is 10.0 Å². The van der Waals surface area contributed by atoms with Gasteiger partial charge in [-0.3, -0.25) is 0 Å². The number of aliphatic hydroxyl groups is 1. The van der Waals surface area contributed by atoms with Gasteiger partial charge in [-0.15, -0.1) is 0 Å². The molecule has 2 heteroatoms. The maximum Gasteiger partial charge on any atom is 0.0626 e. The molecule has 1 aromatic rings. The highest BCUT2D eigenvalue weighted by Gasteiger charge is 2.08. The van der Waals surface area contributed by atoms with Crippen LogP contribution in [0.25, 0.3) is 0 Å². The summed E-state index contributed by atoms with van der Waals surface area (Å²) < 4.78 is 0. The molecule has 0 heterocycles. The Kier molecular flexibility index (Phi) is 4.76. The van der Waals surface area contributed by atoms with Crippen molar-refractivity contribution < 1.29 is 5.11 Å². The zero-order chi connectivity index (χ0) is 12.9. The SMILES string of the molecule is CN(C)c1ccccc1C/C=C\CC(C)(C)O. The third-order valence-corrected chi connectivity index (χ3v) is 2.60. The molecule has 0 saturated heterocycles. The maximum atomic E-state index is 9.60. The van der Waals surface area contributed by atoms with Crippen LogP contribution in [0.5, 0.6) is 0 Å². The molecule has 0 aliphatic rings. The summed E-state index contributed by atoms with van der Waals surface area (Å²) in [5.74, 6) is 0. The molecule has 0 bridgehead atoms. The van der Waals surface area contributed by atoms with Crippen LogP contribution < -0.4 is 4.90 Å². The fraction of sp³-hybridized carbons (Fsp3) is 0.467. The second kappa shape index (κ2) is 5.87. The highest BCUT2D eigenvalue weighted by atomic mass is 16.3. The number of hydrogen-bond donors (Lipinski definition) is 1. The molecular formula is C15H23NO. The molecule has 0 unspecified atom stereocenters. The Bertz CT molecular complexity index is 375. The van der Waals surface area contributed by atoms with E-state index in [0.717, 1.165) is 6.42 Å². The van der Waals surface area contributed by atoms with Crippen molar-refractivity contribution in [3.8, 4) is 0 Å². The molecule has 0 fully saturated rings. The predicted molar refractivity (Wildman–Crippen MR) is 74.5 cm³/mol. The number of allylic oxidation sites excluding steroid dienone is 1. The zero-order valence-electron chi connectivity index (χ0n) is 11.3. The number of para-hydroxylation sites is 1. The lowest BCUT2D eigenvalue weighted by Gasteiger charge is -2.16. The van der Waals surface area contributed by atoms with E-state index in [9.17, 15) is 5.11 Å². The van der Waals surface area contributed by atoms with E-state index >= 15 is 0 Å². The highest BCUT2D eigenvalue weighted by molar-refractivity contribution is 5.53. The van der Waals surface area contributed by atoms with Gasteiger partial charge in [0, 0.05) is 19.8 Å². The van der Waals surface area contributed by atoms with Crippen molar-refractivity contribution in [2.75, 3.05) is 19.0 Å². The van der Waals surface area contributed by atoms with Crippen LogP contribution >= 0.6 is 0 Å². The van der Waals surface area contributed by atoms with Crippen LogP contribution in [-0.2, 0) is 6.42 Å². The van der Waals surface area contributed by atoms with Crippen molar-refractivity contribution >= 4 is 5.69 Å². The lowest BCUT2D eigenvalue weighted by molar-refractivity contribution is 0.0838. The fourth-order valence-electron chi connectivity index (χ4n) is 1.70. The minimum absolute atomic E-state index is 0.614. The first kappa shape index (κ1) is 13.8. The minimum atomic E-state index is -0.614. The average Bonchev–Trinajstić information content (AvgIpc) is 2.23. The van der Waals surface area contributed by atoms with Gasteiger partial charge in [0.15, 0.2) is 0 Å². The molecule has 0 amide bonds. The molecule has 1 aromatic carbocycles. The number of rotatable bonds is 5. The second-order valence-corrected chi connectivity index (χ2v) is 5.22. The normalized spacial score (nSPS) is 12.1.